The fourth-order valence-corrected chi connectivity index (χ4v) is 3.01. The molecule has 1 N–H and O–H groups in total. The van der Waals surface area contributed by atoms with Gasteiger partial charge in [0.15, 0.2) is 0 Å². The van der Waals surface area contributed by atoms with E-state index in [0.29, 0.717) is 6.54 Å². The molecule has 2 aromatic heterocycles. The molecular formula is C12H17N5O2S. The maximum Gasteiger partial charge on any atom is 0.242 e. The largest absolute Gasteiger partial charge is 0.263 e. The first kappa shape index (κ1) is 14.6. The molecule has 0 saturated heterocycles. The molecule has 0 spiro atoms. The summed E-state index contributed by atoms with van der Waals surface area (Å²) in [6.45, 7) is 4.27. The lowest BCUT2D eigenvalue weighted by Gasteiger charge is -2.21. The molecule has 0 aromatic carbocycles. The predicted molar refractivity (Wildman–Crippen MR) is 73.2 cm³/mol. The van der Waals surface area contributed by atoms with Crippen molar-refractivity contribution in [3.8, 4) is 0 Å². The quantitative estimate of drug-likeness (QED) is 0.846. The molecule has 2 aromatic rings. The second-order valence-corrected chi connectivity index (χ2v) is 6.46. The molecule has 0 bridgehead atoms. The van der Waals surface area contributed by atoms with E-state index in [4.69, 9.17) is 0 Å². The number of hydrogen-bond donors (Lipinski definition) is 1. The van der Waals surface area contributed by atoms with E-state index in [2.05, 4.69) is 19.9 Å². The van der Waals surface area contributed by atoms with E-state index in [1.54, 1.807) is 18.5 Å². The highest BCUT2D eigenvalue weighted by Gasteiger charge is 2.23. The fraction of sp³-hybridized carbons (Fsp3) is 0.417. The van der Waals surface area contributed by atoms with Crippen LogP contribution in [-0.4, -0.2) is 34.4 Å². The standard InChI is InChI=1S/C12H17N5O2S/c1-10(2)12(9-17-14-6-7-15-17)16-20(18,19)11-4-3-5-13-8-11/h3-8,10,12,16H,9H2,1-2H3/t12-/m0/s1. The van der Waals surface area contributed by atoms with Gasteiger partial charge >= 0.3 is 0 Å². The molecule has 0 aliphatic heterocycles. The summed E-state index contributed by atoms with van der Waals surface area (Å²) in [4.78, 5) is 5.45. The molecule has 0 aliphatic carbocycles. The van der Waals surface area contributed by atoms with Crippen LogP contribution >= 0.6 is 0 Å². The number of aromatic nitrogens is 4. The van der Waals surface area contributed by atoms with E-state index >= 15 is 0 Å². The average Bonchev–Trinajstić information content (AvgIpc) is 2.91. The van der Waals surface area contributed by atoms with Crippen LogP contribution in [0.3, 0.4) is 0 Å². The molecule has 0 radical (unpaired) electrons. The lowest BCUT2D eigenvalue weighted by atomic mass is 10.1. The van der Waals surface area contributed by atoms with Crippen molar-refractivity contribution >= 4 is 10.0 Å². The van der Waals surface area contributed by atoms with E-state index in [-0.39, 0.29) is 16.9 Å². The van der Waals surface area contributed by atoms with Crippen molar-refractivity contribution in [3.05, 3.63) is 36.9 Å². The van der Waals surface area contributed by atoms with Crippen LogP contribution in [0.4, 0.5) is 0 Å². The minimum Gasteiger partial charge on any atom is -0.263 e. The van der Waals surface area contributed by atoms with Crippen LogP contribution in [-0.2, 0) is 16.6 Å². The Balaban J connectivity index is 2.16. The summed E-state index contributed by atoms with van der Waals surface area (Å²) in [6, 6.07) is 2.81. The third kappa shape index (κ3) is 3.61. The molecule has 108 valence electrons. The first-order chi connectivity index (χ1) is 9.49. The number of rotatable bonds is 6. The smallest absolute Gasteiger partial charge is 0.242 e. The zero-order chi connectivity index (χ0) is 14.6. The third-order valence-corrected chi connectivity index (χ3v) is 4.36. The number of nitrogens with one attached hydrogen (secondary N) is 1. The summed E-state index contributed by atoms with van der Waals surface area (Å²) >= 11 is 0. The highest BCUT2D eigenvalue weighted by Crippen LogP contribution is 2.11. The topological polar surface area (TPSA) is 89.8 Å². The molecule has 0 aliphatic rings. The Hall–Kier alpha value is -1.80. The molecule has 2 heterocycles. The molecular weight excluding hydrogens is 278 g/mol. The summed E-state index contributed by atoms with van der Waals surface area (Å²) in [7, 11) is -3.59. The molecule has 0 unspecified atom stereocenters. The van der Waals surface area contributed by atoms with Crippen molar-refractivity contribution in [2.24, 2.45) is 5.92 Å². The summed E-state index contributed by atoms with van der Waals surface area (Å²) in [5.74, 6) is 0.104. The summed E-state index contributed by atoms with van der Waals surface area (Å²) < 4.78 is 27.2. The van der Waals surface area contributed by atoms with Crippen LogP contribution in [0.2, 0.25) is 0 Å². The molecule has 8 heteroatoms. The lowest BCUT2D eigenvalue weighted by Crippen LogP contribution is -2.41. The van der Waals surface area contributed by atoms with Crippen molar-refractivity contribution in [2.45, 2.75) is 31.3 Å². The maximum absolute atomic E-state index is 12.3. The van der Waals surface area contributed by atoms with Crippen LogP contribution in [0.5, 0.6) is 0 Å². The van der Waals surface area contributed by atoms with Gasteiger partial charge in [0.25, 0.3) is 0 Å². The number of nitrogens with zero attached hydrogens (tertiary/aromatic N) is 4. The molecule has 2 rings (SSSR count). The van der Waals surface area contributed by atoms with Gasteiger partial charge < -0.3 is 0 Å². The minimum atomic E-state index is -3.59. The molecule has 20 heavy (non-hydrogen) atoms. The second kappa shape index (κ2) is 6.10. The van der Waals surface area contributed by atoms with E-state index in [9.17, 15) is 8.42 Å². The van der Waals surface area contributed by atoms with Gasteiger partial charge in [-0.15, -0.1) is 0 Å². The van der Waals surface area contributed by atoms with Crippen molar-refractivity contribution in [2.75, 3.05) is 0 Å². The van der Waals surface area contributed by atoms with Gasteiger partial charge in [0, 0.05) is 18.4 Å². The number of pyridine rings is 1. The van der Waals surface area contributed by atoms with Gasteiger partial charge in [-0.25, -0.2) is 13.1 Å². The zero-order valence-corrected chi connectivity index (χ0v) is 12.2. The molecule has 1 atom stereocenters. The van der Waals surface area contributed by atoms with Crippen LogP contribution in [0.1, 0.15) is 13.8 Å². The Morgan fingerprint density at radius 3 is 2.50 bits per heavy atom. The van der Waals surface area contributed by atoms with Crippen LogP contribution in [0.25, 0.3) is 0 Å². The van der Waals surface area contributed by atoms with Gasteiger partial charge in [0.2, 0.25) is 10.0 Å². The first-order valence-corrected chi connectivity index (χ1v) is 7.74. The van der Waals surface area contributed by atoms with Gasteiger partial charge in [-0.05, 0) is 18.1 Å². The van der Waals surface area contributed by atoms with Crippen LogP contribution in [0.15, 0.2) is 41.8 Å². The monoisotopic (exact) mass is 295 g/mol. The lowest BCUT2D eigenvalue weighted by molar-refractivity contribution is 0.361. The maximum atomic E-state index is 12.3. The highest BCUT2D eigenvalue weighted by molar-refractivity contribution is 7.89. The van der Waals surface area contributed by atoms with Crippen molar-refractivity contribution in [1.82, 2.24) is 24.7 Å². The fourth-order valence-electron chi connectivity index (χ4n) is 1.67. The van der Waals surface area contributed by atoms with Crippen LogP contribution in [0, 0.1) is 5.92 Å². The van der Waals surface area contributed by atoms with Crippen molar-refractivity contribution < 1.29 is 8.42 Å². The number of sulfonamides is 1. The Morgan fingerprint density at radius 2 is 1.95 bits per heavy atom. The zero-order valence-electron chi connectivity index (χ0n) is 11.3. The van der Waals surface area contributed by atoms with Gasteiger partial charge in [0.1, 0.15) is 4.90 Å². The van der Waals surface area contributed by atoms with E-state index in [0.717, 1.165) is 0 Å². The van der Waals surface area contributed by atoms with Gasteiger partial charge in [-0.2, -0.15) is 15.0 Å². The van der Waals surface area contributed by atoms with Gasteiger partial charge in [0.05, 0.1) is 18.9 Å². The molecule has 7 nitrogen and oxygen atoms in total. The van der Waals surface area contributed by atoms with Crippen molar-refractivity contribution in [3.63, 3.8) is 0 Å². The number of hydrogen-bond acceptors (Lipinski definition) is 5. The summed E-state index contributed by atoms with van der Waals surface area (Å²) in [5.41, 5.74) is 0. The molecule has 0 amide bonds. The van der Waals surface area contributed by atoms with Crippen molar-refractivity contribution in [1.29, 1.82) is 0 Å². The SMILES string of the molecule is CC(C)[C@H](Cn1nccn1)NS(=O)(=O)c1cccnc1. The molecule has 0 saturated carbocycles. The van der Waals surface area contributed by atoms with Gasteiger partial charge in [-0.3, -0.25) is 4.98 Å². The van der Waals surface area contributed by atoms with Gasteiger partial charge in [-0.1, -0.05) is 13.8 Å². The minimum absolute atomic E-state index is 0.104. The average molecular weight is 295 g/mol. The van der Waals surface area contributed by atoms with Crippen LogP contribution < -0.4 is 4.72 Å². The highest BCUT2D eigenvalue weighted by atomic mass is 32.2. The Labute approximate surface area is 118 Å². The Morgan fingerprint density at radius 1 is 1.25 bits per heavy atom. The first-order valence-electron chi connectivity index (χ1n) is 6.25. The summed E-state index contributed by atoms with van der Waals surface area (Å²) in [6.07, 6.45) is 5.98. The Bertz CT molecular complexity index is 625. The second-order valence-electron chi connectivity index (χ2n) is 4.74. The summed E-state index contributed by atoms with van der Waals surface area (Å²) in [5, 5.41) is 8.00. The van der Waals surface area contributed by atoms with E-state index < -0.39 is 10.0 Å². The molecule has 0 fully saturated rings. The third-order valence-electron chi connectivity index (χ3n) is 2.88. The Kier molecular flexibility index (Phi) is 4.46. The van der Waals surface area contributed by atoms with E-state index in [1.807, 2.05) is 13.8 Å². The predicted octanol–water partition coefficient (Wildman–Crippen LogP) is 0.676. The van der Waals surface area contributed by atoms with E-state index in [1.165, 1.54) is 23.3 Å². The normalized spacial score (nSPS) is 13.6.